The molecule has 2 aromatic rings. The zero-order valence-electron chi connectivity index (χ0n) is 10.6. The van der Waals surface area contributed by atoms with Crippen LogP contribution in [0.5, 0.6) is 5.75 Å². The number of benzene rings is 2. The van der Waals surface area contributed by atoms with E-state index in [1.165, 1.54) is 25.3 Å². The van der Waals surface area contributed by atoms with Crippen LogP contribution < -0.4 is 15.8 Å². The molecule has 0 fully saturated rings. The minimum Gasteiger partial charge on any atom is -0.497 e. The van der Waals surface area contributed by atoms with Crippen LogP contribution in [0.1, 0.15) is 10.4 Å². The van der Waals surface area contributed by atoms with E-state index in [9.17, 15) is 9.18 Å². The van der Waals surface area contributed by atoms with Crippen LogP contribution in [0.15, 0.2) is 40.9 Å². The predicted molar refractivity (Wildman–Crippen MR) is 79.5 cm³/mol. The van der Waals surface area contributed by atoms with Gasteiger partial charge >= 0.3 is 0 Å². The molecule has 0 aliphatic carbocycles. The van der Waals surface area contributed by atoms with Crippen LogP contribution in [0.4, 0.5) is 15.8 Å². The van der Waals surface area contributed by atoms with Crippen molar-refractivity contribution in [1.82, 2.24) is 0 Å². The Morgan fingerprint density at radius 2 is 2.05 bits per heavy atom. The maximum Gasteiger partial charge on any atom is 0.257 e. The molecule has 2 aromatic carbocycles. The summed E-state index contributed by atoms with van der Waals surface area (Å²) in [4.78, 5) is 12.1. The fraction of sp³-hybridized carbons (Fsp3) is 0.0714. The lowest BCUT2D eigenvalue weighted by atomic mass is 10.1. The van der Waals surface area contributed by atoms with Gasteiger partial charge in [-0.25, -0.2) is 4.39 Å². The van der Waals surface area contributed by atoms with Crippen LogP contribution >= 0.6 is 15.9 Å². The average Bonchev–Trinajstić information content (AvgIpc) is 2.41. The molecule has 2 rings (SSSR count). The maximum atomic E-state index is 13.6. The molecule has 0 unspecified atom stereocenters. The molecule has 0 aromatic heterocycles. The first-order chi connectivity index (χ1) is 9.51. The minimum absolute atomic E-state index is 0.0386. The van der Waals surface area contributed by atoms with Gasteiger partial charge in [-0.2, -0.15) is 0 Å². The summed E-state index contributed by atoms with van der Waals surface area (Å²) >= 11 is 3.25. The van der Waals surface area contributed by atoms with E-state index >= 15 is 0 Å². The summed E-state index contributed by atoms with van der Waals surface area (Å²) < 4.78 is 19.4. The van der Waals surface area contributed by atoms with Crippen molar-refractivity contribution in [2.75, 3.05) is 18.2 Å². The van der Waals surface area contributed by atoms with E-state index in [-0.39, 0.29) is 11.3 Å². The highest BCUT2D eigenvalue weighted by Crippen LogP contribution is 2.23. The van der Waals surface area contributed by atoms with Crippen molar-refractivity contribution in [1.29, 1.82) is 0 Å². The number of hydrogen-bond donors (Lipinski definition) is 2. The Kier molecular flexibility index (Phi) is 4.24. The van der Waals surface area contributed by atoms with E-state index in [0.29, 0.717) is 11.4 Å². The van der Waals surface area contributed by atoms with Crippen LogP contribution in [0.25, 0.3) is 0 Å². The molecule has 1 amide bonds. The SMILES string of the molecule is COc1ccc(F)c(NC(=O)c2ccc(Br)cc2N)c1. The number of methoxy groups -OCH3 is 1. The van der Waals surface area contributed by atoms with Crippen molar-refractivity contribution in [2.24, 2.45) is 0 Å². The molecular formula is C14H12BrFN2O2. The fourth-order valence-corrected chi connectivity index (χ4v) is 2.04. The van der Waals surface area contributed by atoms with E-state index < -0.39 is 11.7 Å². The first kappa shape index (κ1) is 14.3. The van der Waals surface area contributed by atoms with Crippen LogP contribution in [0.2, 0.25) is 0 Å². The molecule has 0 aliphatic rings. The summed E-state index contributed by atoms with van der Waals surface area (Å²) in [5, 5.41) is 2.47. The van der Waals surface area contributed by atoms with Gasteiger partial charge in [-0.1, -0.05) is 15.9 Å². The van der Waals surface area contributed by atoms with Crippen LogP contribution in [0.3, 0.4) is 0 Å². The Morgan fingerprint density at radius 1 is 1.30 bits per heavy atom. The monoisotopic (exact) mass is 338 g/mol. The molecular weight excluding hydrogens is 327 g/mol. The van der Waals surface area contributed by atoms with Crippen molar-refractivity contribution in [3.63, 3.8) is 0 Å². The molecule has 4 nitrogen and oxygen atoms in total. The first-order valence-corrected chi connectivity index (χ1v) is 6.50. The maximum absolute atomic E-state index is 13.6. The third-order valence-corrected chi connectivity index (χ3v) is 3.17. The molecule has 0 spiro atoms. The third-order valence-electron chi connectivity index (χ3n) is 2.68. The Balaban J connectivity index is 2.27. The van der Waals surface area contributed by atoms with Gasteiger partial charge in [0.1, 0.15) is 11.6 Å². The van der Waals surface area contributed by atoms with Gasteiger partial charge in [0, 0.05) is 16.2 Å². The van der Waals surface area contributed by atoms with Crippen LogP contribution in [-0.2, 0) is 0 Å². The number of nitrogens with one attached hydrogen (secondary N) is 1. The second-order valence-corrected chi connectivity index (χ2v) is 4.95. The third kappa shape index (κ3) is 3.08. The van der Waals surface area contributed by atoms with Crippen LogP contribution in [-0.4, -0.2) is 13.0 Å². The van der Waals surface area contributed by atoms with Crippen LogP contribution in [0, 0.1) is 5.82 Å². The molecule has 0 saturated carbocycles. The summed E-state index contributed by atoms with van der Waals surface area (Å²) in [5.41, 5.74) is 6.38. The summed E-state index contributed by atoms with van der Waals surface area (Å²) in [6, 6.07) is 8.96. The highest BCUT2D eigenvalue weighted by Gasteiger charge is 2.13. The highest BCUT2D eigenvalue weighted by molar-refractivity contribution is 9.10. The van der Waals surface area contributed by atoms with Gasteiger partial charge in [0.2, 0.25) is 0 Å². The Morgan fingerprint density at radius 3 is 2.70 bits per heavy atom. The summed E-state index contributed by atoms with van der Waals surface area (Å²) in [5.74, 6) is -0.581. The predicted octanol–water partition coefficient (Wildman–Crippen LogP) is 3.43. The lowest BCUT2D eigenvalue weighted by molar-refractivity contribution is 0.102. The largest absolute Gasteiger partial charge is 0.497 e. The zero-order valence-corrected chi connectivity index (χ0v) is 12.2. The van der Waals surface area contributed by atoms with E-state index in [1.54, 1.807) is 18.2 Å². The standard InChI is InChI=1S/C14H12BrFN2O2/c1-20-9-3-5-11(16)13(7-9)18-14(19)10-4-2-8(15)6-12(10)17/h2-7H,17H2,1H3,(H,18,19). The molecule has 20 heavy (non-hydrogen) atoms. The number of amides is 1. The smallest absolute Gasteiger partial charge is 0.257 e. The molecule has 0 bridgehead atoms. The summed E-state index contributed by atoms with van der Waals surface area (Å²) in [6.07, 6.45) is 0. The highest BCUT2D eigenvalue weighted by atomic mass is 79.9. The molecule has 0 saturated heterocycles. The van der Waals surface area contributed by atoms with Gasteiger partial charge < -0.3 is 15.8 Å². The summed E-state index contributed by atoms with van der Waals surface area (Å²) in [7, 11) is 1.46. The van der Waals surface area contributed by atoms with Crippen molar-refractivity contribution in [2.45, 2.75) is 0 Å². The van der Waals surface area contributed by atoms with E-state index in [4.69, 9.17) is 10.5 Å². The van der Waals surface area contributed by atoms with Gasteiger partial charge in [0.05, 0.1) is 18.4 Å². The lowest BCUT2D eigenvalue weighted by Crippen LogP contribution is -2.15. The molecule has 0 aliphatic heterocycles. The zero-order chi connectivity index (χ0) is 14.7. The summed E-state index contributed by atoms with van der Waals surface area (Å²) in [6.45, 7) is 0. The molecule has 3 N–H and O–H groups in total. The number of hydrogen-bond acceptors (Lipinski definition) is 3. The number of ether oxygens (including phenoxy) is 1. The van der Waals surface area contributed by atoms with E-state index in [1.807, 2.05) is 0 Å². The molecule has 104 valence electrons. The van der Waals surface area contributed by atoms with Crippen molar-refractivity contribution < 1.29 is 13.9 Å². The minimum atomic E-state index is -0.546. The quantitative estimate of drug-likeness (QED) is 0.842. The molecule has 0 radical (unpaired) electrons. The van der Waals surface area contributed by atoms with Gasteiger partial charge in [-0.3, -0.25) is 4.79 Å². The van der Waals surface area contributed by atoms with E-state index in [0.717, 1.165) is 4.47 Å². The van der Waals surface area contributed by atoms with Gasteiger partial charge in [-0.05, 0) is 30.3 Å². The number of rotatable bonds is 3. The van der Waals surface area contributed by atoms with Gasteiger partial charge in [0.15, 0.2) is 0 Å². The lowest BCUT2D eigenvalue weighted by Gasteiger charge is -2.10. The van der Waals surface area contributed by atoms with Gasteiger partial charge in [-0.15, -0.1) is 0 Å². The van der Waals surface area contributed by atoms with Crippen molar-refractivity contribution >= 4 is 33.2 Å². The van der Waals surface area contributed by atoms with Crippen molar-refractivity contribution in [3.05, 3.63) is 52.3 Å². The normalized spacial score (nSPS) is 10.2. The van der Waals surface area contributed by atoms with Gasteiger partial charge in [0.25, 0.3) is 5.91 Å². The molecule has 0 heterocycles. The topological polar surface area (TPSA) is 64.3 Å². The number of carbonyl (C=O) groups is 1. The average molecular weight is 339 g/mol. The number of halogens is 2. The Bertz CT molecular complexity index is 662. The Hall–Kier alpha value is -2.08. The first-order valence-electron chi connectivity index (χ1n) is 5.71. The number of nitrogen functional groups attached to an aromatic ring is 1. The number of carbonyl (C=O) groups excluding carboxylic acids is 1. The second-order valence-electron chi connectivity index (χ2n) is 4.03. The second kappa shape index (κ2) is 5.92. The van der Waals surface area contributed by atoms with Crippen molar-refractivity contribution in [3.8, 4) is 5.75 Å². The number of nitrogens with two attached hydrogens (primary N) is 1. The number of anilines is 2. The fourth-order valence-electron chi connectivity index (χ4n) is 1.66. The molecule has 0 atom stereocenters. The molecule has 6 heteroatoms. The van der Waals surface area contributed by atoms with E-state index in [2.05, 4.69) is 21.2 Å². The Labute approximate surface area is 123 Å².